The molecule has 3 aromatic rings. The van der Waals surface area contributed by atoms with Gasteiger partial charge >= 0.3 is 0 Å². The number of hydrogen-bond donors (Lipinski definition) is 0. The monoisotopic (exact) mass is 365 g/mol. The Morgan fingerprint density at radius 1 is 0.857 bits per heavy atom. The van der Waals surface area contributed by atoms with E-state index in [0.717, 1.165) is 39.4 Å². The van der Waals surface area contributed by atoms with Gasteiger partial charge < -0.3 is 4.74 Å². The second kappa shape index (κ2) is 6.31. The van der Waals surface area contributed by atoms with Crippen molar-refractivity contribution in [1.82, 2.24) is 0 Å². The first kappa shape index (κ1) is 16.7. The molecule has 0 bridgehead atoms. The topological polar surface area (TPSA) is 38.7 Å². The lowest BCUT2D eigenvalue weighted by molar-refractivity contribution is -0.114. The number of allylic oxidation sites excluding steroid dienone is 2. The number of rotatable bonds is 3. The number of para-hydroxylation sites is 1. The van der Waals surface area contributed by atoms with Gasteiger partial charge in [-0.2, -0.15) is 0 Å². The van der Waals surface area contributed by atoms with Gasteiger partial charge in [-0.25, -0.2) is 0 Å². The van der Waals surface area contributed by atoms with Gasteiger partial charge in [-0.05, 0) is 46.5 Å². The van der Waals surface area contributed by atoms with Gasteiger partial charge in [0.25, 0.3) is 0 Å². The minimum atomic E-state index is -0.552. The number of methoxy groups -OCH3 is 1. The summed E-state index contributed by atoms with van der Waals surface area (Å²) in [4.78, 5) is 17.7. The Morgan fingerprint density at radius 3 is 2.32 bits per heavy atom. The molecule has 1 aliphatic carbocycles. The molecule has 5 rings (SSSR count). The van der Waals surface area contributed by atoms with Gasteiger partial charge in [0, 0.05) is 6.42 Å². The molecule has 0 saturated heterocycles. The maximum Gasteiger partial charge on any atom is 0.157 e. The highest BCUT2D eigenvalue weighted by Gasteiger charge is 2.51. The van der Waals surface area contributed by atoms with E-state index in [-0.39, 0.29) is 5.78 Å². The fourth-order valence-corrected chi connectivity index (χ4v) is 4.43. The first-order chi connectivity index (χ1) is 13.7. The standard InChI is InChI=1S/C25H19NO2/c1-28-20-13-11-17(12-14-20)22-15-19(27)16-25(22)21-9-5-6-10-23(21)26-24(25)18-7-3-2-4-8-18/h2-15H,16H2,1H3. The molecule has 1 unspecified atom stereocenters. The molecule has 28 heavy (non-hydrogen) atoms. The van der Waals surface area contributed by atoms with Crippen LogP contribution in [-0.2, 0) is 10.2 Å². The van der Waals surface area contributed by atoms with Crippen LogP contribution in [0.15, 0.2) is 89.9 Å². The summed E-state index contributed by atoms with van der Waals surface area (Å²) < 4.78 is 5.31. The Hall–Kier alpha value is -3.46. The summed E-state index contributed by atoms with van der Waals surface area (Å²) in [5, 5.41) is 0. The lowest BCUT2D eigenvalue weighted by Crippen LogP contribution is -2.34. The highest BCUT2D eigenvalue weighted by atomic mass is 16.5. The van der Waals surface area contributed by atoms with Crippen LogP contribution < -0.4 is 4.74 Å². The predicted molar refractivity (Wildman–Crippen MR) is 111 cm³/mol. The number of hydrogen-bond acceptors (Lipinski definition) is 3. The van der Waals surface area contributed by atoms with Gasteiger partial charge in [0.2, 0.25) is 0 Å². The van der Waals surface area contributed by atoms with Gasteiger partial charge in [0.05, 0.1) is 23.9 Å². The van der Waals surface area contributed by atoms with E-state index < -0.39 is 5.41 Å². The van der Waals surface area contributed by atoms with Crippen LogP contribution in [0.1, 0.15) is 23.1 Å². The first-order valence-electron chi connectivity index (χ1n) is 9.36. The predicted octanol–water partition coefficient (Wildman–Crippen LogP) is 5.12. The minimum absolute atomic E-state index is 0.131. The molecular weight excluding hydrogens is 346 g/mol. The van der Waals surface area contributed by atoms with Crippen LogP contribution in [0.3, 0.4) is 0 Å². The van der Waals surface area contributed by atoms with E-state index in [9.17, 15) is 4.79 Å². The van der Waals surface area contributed by atoms with Crippen molar-refractivity contribution in [2.24, 2.45) is 4.99 Å². The Kier molecular flexibility index (Phi) is 3.76. The summed E-state index contributed by atoms with van der Waals surface area (Å²) in [6, 6.07) is 26.2. The second-order valence-corrected chi connectivity index (χ2v) is 7.18. The summed E-state index contributed by atoms with van der Waals surface area (Å²) in [5.74, 6) is 0.928. The lowest BCUT2D eigenvalue weighted by atomic mass is 9.68. The van der Waals surface area contributed by atoms with E-state index in [0.29, 0.717) is 6.42 Å². The van der Waals surface area contributed by atoms with Crippen molar-refractivity contribution in [3.05, 3.63) is 102 Å². The van der Waals surface area contributed by atoms with Crippen LogP contribution in [0.2, 0.25) is 0 Å². The maximum atomic E-state index is 12.7. The summed E-state index contributed by atoms with van der Waals surface area (Å²) in [6.07, 6.45) is 2.20. The molecule has 1 aliphatic heterocycles. The third kappa shape index (κ3) is 2.36. The highest BCUT2D eigenvalue weighted by molar-refractivity contribution is 6.26. The number of ketones is 1. The number of carbonyl (C=O) groups is 1. The van der Waals surface area contributed by atoms with Gasteiger partial charge in [0.1, 0.15) is 5.75 Å². The third-order valence-electron chi connectivity index (χ3n) is 5.65. The van der Waals surface area contributed by atoms with Crippen molar-refractivity contribution in [3.8, 4) is 5.75 Å². The SMILES string of the molecule is COc1ccc(C2=CC(=O)CC23C(c2ccccc2)=Nc2ccccc23)cc1. The average Bonchev–Trinajstić information content (AvgIpc) is 3.27. The Morgan fingerprint density at radius 2 is 1.57 bits per heavy atom. The smallest absolute Gasteiger partial charge is 0.157 e. The Labute approximate surface area is 164 Å². The van der Waals surface area contributed by atoms with Crippen LogP contribution in [0.25, 0.3) is 5.57 Å². The number of carbonyl (C=O) groups excluding carboxylic acids is 1. The van der Waals surface area contributed by atoms with Crippen LogP contribution in [-0.4, -0.2) is 18.6 Å². The molecule has 3 aromatic carbocycles. The minimum Gasteiger partial charge on any atom is -0.497 e. The fraction of sp³-hybridized carbons (Fsp3) is 0.120. The molecule has 0 radical (unpaired) electrons. The van der Waals surface area contributed by atoms with Crippen LogP contribution in [0.5, 0.6) is 5.75 Å². The molecule has 0 amide bonds. The summed E-state index contributed by atoms with van der Waals surface area (Å²) in [5.41, 5.74) is 5.51. The van der Waals surface area contributed by atoms with E-state index in [1.165, 1.54) is 0 Å². The zero-order valence-corrected chi connectivity index (χ0v) is 15.6. The van der Waals surface area contributed by atoms with E-state index in [1.807, 2.05) is 60.7 Å². The molecule has 1 heterocycles. The third-order valence-corrected chi connectivity index (χ3v) is 5.65. The lowest BCUT2D eigenvalue weighted by Gasteiger charge is -2.31. The molecule has 0 N–H and O–H groups in total. The van der Waals surface area contributed by atoms with Crippen molar-refractivity contribution in [2.75, 3.05) is 7.11 Å². The van der Waals surface area contributed by atoms with E-state index in [4.69, 9.17) is 9.73 Å². The summed E-state index contributed by atoms with van der Waals surface area (Å²) >= 11 is 0. The molecule has 3 heteroatoms. The van der Waals surface area contributed by atoms with Gasteiger partial charge in [-0.1, -0.05) is 60.7 Å². The molecule has 3 nitrogen and oxygen atoms in total. The van der Waals surface area contributed by atoms with Gasteiger partial charge in [-0.15, -0.1) is 0 Å². The normalized spacial score (nSPS) is 20.1. The van der Waals surface area contributed by atoms with E-state index in [2.05, 4.69) is 18.2 Å². The van der Waals surface area contributed by atoms with Crippen molar-refractivity contribution in [1.29, 1.82) is 0 Å². The molecule has 1 atom stereocenters. The molecule has 136 valence electrons. The zero-order valence-electron chi connectivity index (χ0n) is 15.6. The van der Waals surface area contributed by atoms with Crippen LogP contribution >= 0.6 is 0 Å². The molecule has 2 aliphatic rings. The quantitative estimate of drug-likeness (QED) is 0.646. The van der Waals surface area contributed by atoms with Crippen LogP contribution in [0.4, 0.5) is 5.69 Å². The largest absolute Gasteiger partial charge is 0.497 e. The van der Waals surface area contributed by atoms with Crippen molar-refractivity contribution >= 4 is 22.8 Å². The van der Waals surface area contributed by atoms with Crippen molar-refractivity contribution in [2.45, 2.75) is 11.8 Å². The summed E-state index contributed by atoms with van der Waals surface area (Å²) in [7, 11) is 1.66. The number of benzene rings is 3. The Bertz CT molecular complexity index is 1130. The van der Waals surface area contributed by atoms with E-state index >= 15 is 0 Å². The summed E-state index contributed by atoms with van der Waals surface area (Å²) in [6.45, 7) is 0. The molecular formula is C25H19NO2. The van der Waals surface area contributed by atoms with Crippen molar-refractivity contribution < 1.29 is 9.53 Å². The highest BCUT2D eigenvalue weighted by Crippen LogP contribution is 2.54. The number of ether oxygens (including phenoxy) is 1. The van der Waals surface area contributed by atoms with Crippen LogP contribution in [0, 0.1) is 0 Å². The van der Waals surface area contributed by atoms with E-state index in [1.54, 1.807) is 13.2 Å². The maximum absolute atomic E-state index is 12.7. The molecule has 0 aromatic heterocycles. The van der Waals surface area contributed by atoms with Gasteiger partial charge in [-0.3, -0.25) is 9.79 Å². The molecule has 0 fully saturated rings. The second-order valence-electron chi connectivity index (χ2n) is 7.18. The number of aliphatic imine (C=N–C) groups is 1. The van der Waals surface area contributed by atoms with Gasteiger partial charge in [0.15, 0.2) is 5.78 Å². The number of nitrogens with zero attached hydrogens (tertiary/aromatic N) is 1. The average molecular weight is 365 g/mol. The fourth-order valence-electron chi connectivity index (χ4n) is 4.43. The Balaban J connectivity index is 1.75. The molecule has 1 spiro atoms. The van der Waals surface area contributed by atoms with Crippen molar-refractivity contribution in [3.63, 3.8) is 0 Å². The zero-order chi connectivity index (χ0) is 19.1. The first-order valence-corrected chi connectivity index (χ1v) is 9.36. The number of fused-ring (bicyclic) bond motifs is 2. The molecule has 0 saturated carbocycles.